The maximum Gasteiger partial charge on any atom is 0.224 e. The van der Waals surface area contributed by atoms with Gasteiger partial charge in [-0.15, -0.1) is 0 Å². The maximum atomic E-state index is 12.4. The van der Waals surface area contributed by atoms with Crippen LogP contribution in [0.15, 0.2) is 24.3 Å². The van der Waals surface area contributed by atoms with Gasteiger partial charge in [-0.05, 0) is 43.4 Å². The maximum absolute atomic E-state index is 12.4. The smallest absolute Gasteiger partial charge is 0.224 e. The van der Waals surface area contributed by atoms with Gasteiger partial charge in [0.25, 0.3) is 0 Å². The van der Waals surface area contributed by atoms with E-state index in [9.17, 15) is 4.79 Å². The Morgan fingerprint density at radius 2 is 1.79 bits per heavy atom. The molecule has 1 heterocycles. The molecule has 1 aliphatic carbocycles. The quantitative estimate of drug-likeness (QED) is 0.842. The lowest BCUT2D eigenvalue weighted by atomic mass is 9.94. The van der Waals surface area contributed by atoms with E-state index in [1.54, 1.807) is 0 Å². The minimum absolute atomic E-state index is 0.0796. The van der Waals surface area contributed by atoms with Gasteiger partial charge < -0.3 is 10.4 Å². The number of amides is 1. The van der Waals surface area contributed by atoms with Crippen LogP contribution in [-0.4, -0.2) is 41.6 Å². The first-order valence-corrected chi connectivity index (χ1v) is 9.46. The minimum atomic E-state index is 0.0796. The second-order valence-corrected chi connectivity index (χ2v) is 7.29. The summed E-state index contributed by atoms with van der Waals surface area (Å²) in [5.74, 6) is 0.393. The molecule has 3 rings (SSSR count). The lowest BCUT2D eigenvalue weighted by molar-refractivity contribution is -0.124. The molecule has 2 N–H and O–H groups in total. The van der Waals surface area contributed by atoms with Gasteiger partial charge in [-0.2, -0.15) is 0 Å². The van der Waals surface area contributed by atoms with Crippen molar-refractivity contribution in [3.05, 3.63) is 35.4 Å². The first-order chi connectivity index (χ1) is 11.8. The fourth-order valence-corrected chi connectivity index (χ4v) is 4.06. The highest BCUT2D eigenvalue weighted by molar-refractivity contribution is 5.79. The lowest BCUT2D eigenvalue weighted by Gasteiger charge is -2.30. The number of hydrogen-bond donors (Lipinski definition) is 2. The molecule has 2 fully saturated rings. The summed E-state index contributed by atoms with van der Waals surface area (Å²) in [4.78, 5) is 14.9. The van der Waals surface area contributed by atoms with Crippen molar-refractivity contribution >= 4 is 5.91 Å². The Balaban J connectivity index is 1.39. The number of carbonyl (C=O) groups excluding carboxylic acids is 1. The molecule has 1 aliphatic heterocycles. The fourth-order valence-electron chi connectivity index (χ4n) is 4.06. The van der Waals surface area contributed by atoms with Crippen molar-refractivity contribution in [2.75, 3.05) is 19.6 Å². The molecule has 4 nitrogen and oxygen atoms in total. The Hall–Kier alpha value is -1.39. The Bertz CT molecular complexity index is 523. The summed E-state index contributed by atoms with van der Waals surface area (Å²) in [6.07, 6.45) is 8.58. The molecule has 1 atom stereocenters. The largest absolute Gasteiger partial charge is 0.392 e. The number of carbonyl (C=O) groups is 1. The number of hydrogen-bond acceptors (Lipinski definition) is 3. The molecular weight excluding hydrogens is 300 g/mol. The molecule has 1 amide bonds. The molecule has 132 valence electrons. The third kappa shape index (κ3) is 4.58. The average molecular weight is 330 g/mol. The zero-order valence-corrected chi connectivity index (χ0v) is 14.5. The van der Waals surface area contributed by atoms with Gasteiger partial charge in [-0.25, -0.2) is 0 Å². The number of likely N-dealkylation sites (tertiary alicyclic amines) is 1. The van der Waals surface area contributed by atoms with E-state index in [4.69, 9.17) is 5.11 Å². The summed E-state index contributed by atoms with van der Waals surface area (Å²) in [6.45, 7) is 2.81. The third-order valence-corrected chi connectivity index (χ3v) is 5.60. The molecule has 0 aromatic heterocycles. The van der Waals surface area contributed by atoms with Crippen molar-refractivity contribution in [1.82, 2.24) is 10.2 Å². The van der Waals surface area contributed by atoms with Gasteiger partial charge in [-0.1, -0.05) is 43.5 Å². The number of aliphatic hydroxyl groups is 1. The molecule has 4 heteroatoms. The van der Waals surface area contributed by atoms with Crippen molar-refractivity contribution in [3.63, 3.8) is 0 Å². The standard InChI is InChI=1S/C20H30N2O2/c23-15-17-8-6-16(7-9-17)10-12-21-20(24)18-11-13-22(14-18)19-4-2-1-3-5-19/h6-9,18-19,23H,1-5,10-15H2,(H,21,24). The second-order valence-electron chi connectivity index (χ2n) is 7.29. The van der Waals surface area contributed by atoms with Crippen LogP contribution in [0.5, 0.6) is 0 Å². The molecule has 0 radical (unpaired) electrons. The van der Waals surface area contributed by atoms with Crippen molar-refractivity contribution in [2.24, 2.45) is 5.92 Å². The highest BCUT2D eigenvalue weighted by Gasteiger charge is 2.32. The predicted octanol–water partition coefficient (Wildman–Crippen LogP) is 2.49. The van der Waals surface area contributed by atoms with Crippen molar-refractivity contribution < 1.29 is 9.90 Å². The van der Waals surface area contributed by atoms with E-state index in [2.05, 4.69) is 10.2 Å². The van der Waals surface area contributed by atoms with Crippen molar-refractivity contribution in [1.29, 1.82) is 0 Å². The van der Waals surface area contributed by atoms with E-state index in [1.807, 2.05) is 24.3 Å². The monoisotopic (exact) mass is 330 g/mol. The molecule has 1 unspecified atom stereocenters. The molecule has 24 heavy (non-hydrogen) atoms. The van der Waals surface area contributed by atoms with Crippen LogP contribution in [0.3, 0.4) is 0 Å². The van der Waals surface area contributed by atoms with Gasteiger partial charge in [0.15, 0.2) is 0 Å². The van der Waals surface area contributed by atoms with Crippen LogP contribution in [0.4, 0.5) is 0 Å². The number of rotatable bonds is 6. The van der Waals surface area contributed by atoms with Crippen LogP contribution >= 0.6 is 0 Å². The van der Waals surface area contributed by atoms with E-state index >= 15 is 0 Å². The molecule has 2 aliphatic rings. The van der Waals surface area contributed by atoms with Gasteiger partial charge in [0.1, 0.15) is 0 Å². The summed E-state index contributed by atoms with van der Waals surface area (Å²) >= 11 is 0. The Morgan fingerprint density at radius 1 is 1.08 bits per heavy atom. The summed E-state index contributed by atoms with van der Waals surface area (Å²) in [5.41, 5.74) is 2.12. The molecule has 1 saturated heterocycles. The van der Waals surface area contributed by atoms with Crippen molar-refractivity contribution in [3.8, 4) is 0 Å². The Kier molecular flexibility index (Phi) is 6.27. The predicted molar refractivity (Wildman–Crippen MR) is 95.6 cm³/mol. The van der Waals surface area contributed by atoms with E-state index in [0.717, 1.165) is 37.5 Å². The van der Waals surface area contributed by atoms with Crippen LogP contribution in [0.1, 0.15) is 49.7 Å². The zero-order chi connectivity index (χ0) is 16.8. The van der Waals surface area contributed by atoms with E-state index in [1.165, 1.54) is 37.7 Å². The van der Waals surface area contributed by atoms with Gasteiger partial charge in [0.05, 0.1) is 12.5 Å². The second kappa shape index (κ2) is 8.63. The highest BCUT2D eigenvalue weighted by atomic mass is 16.3. The Labute approximate surface area is 145 Å². The van der Waals surface area contributed by atoms with Gasteiger partial charge in [-0.3, -0.25) is 9.69 Å². The lowest BCUT2D eigenvalue weighted by Crippen LogP contribution is -2.38. The van der Waals surface area contributed by atoms with Gasteiger partial charge >= 0.3 is 0 Å². The fraction of sp³-hybridized carbons (Fsp3) is 0.650. The highest BCUT2D eigenvalue weighted by Crippen LogP contribution is 2.27. The van der Waals surface area contributed by atoms with Crippen LogP contribution < -0.4 is 5.32 Å². The summed E-state index contributed by atoms with van der Waals surface area (Å²) in [6, 6.07) is 8.66. The van der Waals surface area contributed by atoms with Crippen LogP contribution in [0.25, 0.3) is 0 Å². The van der Waals surface area contributed by atoms with E-state index in [-0.39, 0.29) is 18.4 Å². The average Bonchev–Trinajstić information content (AvgIpc) is 3.13. The number of nitrogens with one attached hydrogen (secondary N) is 1. The van der Waals surface area contributed by atoms with Gasteiger partial charge in [0, 0.05) is 19.1 Å². The van der Waals surface area contributed by atoms with Crippen LogP contribution in [-0.2, 0) is 17.8 Å². The van der Waals surface area contributed by atoms with Crippen LogP contribution in [0, 0.1) is 5.92 Å². The molecule has 0 spiro atoms. The minimum Gasteiger partial charge on any atom is -0.392 e. The molecular formula is C20H30N2O2. The summed E-state index contributed by atoms with van der Waals surface area (Å²) in [7, 11) is 0. The normalized spacial score (nSPS) is 22.6. The van der Waals surface area contributed by atoms with E-state index < -0.39 is 0 Å². The molecule has 1 aromatic carbocycles. The van der Waals surface area contributed by atoms with Crippen molar-refractivity contribution in [2.45, 2.75) is 57.6 Å². The number of benzene rings is 1. The summed E-state index contributed by atoms with van der Waals surface area (Å²) < 4.78 is 0. The molecule has 1 aromatic rings. The topological polar surface area (TPSA) is 52.6 Å². The third-order valence-electron chi connectivity index (χ3n) is 5.60. The van der Waals surface area contributed by atoms with Crippen LogP contribution in [0.2, 0.25) is 0 Å². The molecule has 1 saturated carbocycles. The summed E-state index contributed by atoms with van der Waals surface area (Å²) in [5, 5.41) is 12.2. The molecule has 0 bridgehead atoms. The SMILES string of the molecule is O=C(NCCc1ccc(CO)cc1)C1CCN(C2CCCCC2)C1. The number of aliphatic hydroxyl groups excluding tert-OH is 1. The van der Waals surface area contributed by atoms with Gasteiger partial charge in [0.2, 0.25) is 5.91 Å². The van der Waals surface area contributed by atoms with E-state index in [0.29, 0.717) is 6.54 Å². The first-order valence-electron chi connectivity index (χ1n) is 9.46. The first kappa shape index (κ1) is 17.4. The Morgan fingerprint density at radius 3 is 2.50 bits per heavy atom. The zero-order valence-electron chi connectivity index (χ0n) is 14.5. The number of nitrogens with zero attached hydrogens (tertiary/aromatic N) is 1.